The molecule has 2 unspecified atom stereocenters. The van der Waals surface area contributed by atoms with Gasteiger partial charge in [-0.25, -0.2) is 18.4 Å². The molecule has 3 aliphatic rings. The second-order valence-electron chi connectivity index (χ2n) is 8.34. The van der Waals surface area contributed by atoms with Gasteiger partial charge in [0.2, 0.25) is 5.91 Å². The zero-order valence-corrected chi connectivity index (χ0v) is 17.0. The molecule has 1 aromatic rings. The summed E-state index contributed by atoms with van der Waals surface area (Å²) in [5, 5.41) is 6.30. The number of carbonyl (C=O) groups excluding carboxylic acids is 1. The number of nitrogens with one attached hydrogen (secondary N) is 2. The lowest BCUT2D eigenvalue weighted by Gasteiger charge is -2.33. The molecule has 0 aromatic carbocycles. The van der Waals surface area contributed by atoms with E-state index in [4.69, 9.17) is 0 Å². The molecule has 4 rings (SSSR count). The van der Waals surface area contributed by atoms with Gasteiger partial charge in [0.15, 0.2) is 9.84 Å². The fraction of sp³-hybridized carbons (Fsp3) is 0.737. The van der Waals surface area contributed by atoms with Crippen molar-refractivity contribution in [3.05, 3.63) is 12.4 Å². The maximum atomic E-state index is 12.2. The van der Waals surface area contributed by atoms with Gasteiger partial charge in [0.05, 0.1) is 11.5 Å². The Labute approximate surface area is 166 Å². The van der Waals surface area contributed by atoms with Crippen LogP contribution in [0.15, 0.2) is 12.4 Å². The molecule has 2 saturated heterocycles. The third kappa shape index (κ3) is 5.33. The topological polar surface area (TPSA) is 104 Å². The van der Waals surface area contributed by atoms with E-state index in [-0.39, 0.29) is 23.5 Å². The quantitative estimate of drug-likeness (QED) is 0.703. The Hall–Kier alpha value is -1.90. The van der Waals surface area contributed by atoms with E-state index >= 15 is 0 Å². The molecule has 154 valence electrons. The first-order valence-corrected chi connectivity index (χ1v) is 12.1. The van der Waals surface area contributed by atoms with Gasteiger partial charge < -0.3 is 15.5 Å². The molecule has 0 spiro atoms. The van der Waals surface area contributed by atoms with Gasteiger partial charge in [0, 0.05) is 37.7 Å². The maximum absolute atomic E-state index is 12.2. The lowest BCUT2D eigenvalue weighted by molar-refractivity contribution is -0.121. The van der Waals surface area contributed by atoms with Crippen LogP contribution in [0.3, 0.4) is 0 Å². The highest BCUT2D eigenvalue weighted by molar-refractivity contribution is 7.91. The first-order valence-electron chi connectivity index (χ1n) is 10.3. The minimum absolute atomic E-state index is 0.0304. The predicted molar refractivity (Wildman–Crippen MR) is 108 cm³/mol. The summed E-state index contributed by atoms with van der Waals surface area (Å²) in [5.74, 6) is 2.52. The minimum atomic E-state index is -2.96. The van der Waals surface area contributed by atoms with Crippen LogP contribution in [0.4, 0.5) is 11.6 Å². The lowest BCUT2D eigenvalue weighted by atomic mass is 9.93. The number of sulfone groups is 1. The normalized spacial score (nSPS) is 26.8. The molecule has 9 heteroatoms. The Balaban J connectivity index is 1.25. The molecule has 8 nitrogen and oxygen atoms in total. The average Bonchev–Trinajstić information content (AvgIpc) is 3.42. The molecule has 2 aliphatic heterocycles. The van der Waals surface area contributed by atoms with Crippen molar-refractivity contribution in [2.24, 2.45) is 5.92 Å². The Morgan fingerprint density at radius 1 is 1.18 bits per heavy atom. The molecule has 0 radical (unpaired) electrons. The molecule has 1 saturated carbocycles. The number of piperidine rings is 1. The summed E-state index contributed by atoms with van der Waals surface area (Å²) >= 11 is 0. The number of carbonyl (C=O) groups is 1. The van der Waals surface area contributed by atoms with Gasteiger partial charge in [-0.15, -0.1) is 0 Å². The van der Waals surface area contributed by atoms with Crippen LogP contribution in [-0.4, -0.2) is 61.0 Å². The zero-order valence-electron chi connectivity index (χ0n) is 16.1. The summed E-state index contributed by atoms with van der Waals surface area (Å²) in [6.45, 7) is 1.87. The molecule has 0 bridgehead atoms. The van der Waals surface area contributed by atoms with E-state index in [1.54, 1.807) is 6.33 Å². The zero-order chi connectivity index (χ0) is 19.6. The van der Waals surface area contributed by atoms with Gasteiger partial charge in [0.25, 0.3) is 0 Å². The van der Waals surface area contributed by atoms with Crippen LogP contribution < -0.4 is 15.5 Å². The highest BCUT2D eigenvalue weighted by Crippen LogP contribution is 2.28. The van der Waals surface area contributed by atoms with Gasteiger partial charge in [0.1, 0.15) is 18.0 Å². The minimum Gasteiger partial charge on any atom is -0.367 e. The van der Waals surface area contributed by atoms with Crippen molar-refractivity contribution < 1.29 is 13.2 Å². The predicted octanol–water partition coefficient (Wildman–Crippen LogP) is 1.35. The number of rotatable bonds is 7. The van der Waals surface area contributed by atoms with Crippen molar-refractivity contribution in [1.82, 2.24) is 15.3 Å². The molecule has 2 atom stereocenters. The van der Waals surface area contributed by atoms with Crippen molar-refractivity contribution in [3.8, 4) is 0 Å². The highest BCUT2D eigenvalue weighted by Gasteiger charge is 2.29. The smallest absolute Gasteiger partial charge is 0.220 e. The van der Waals surface area contributed by atoms with Crippen LogP contribution in [0.5, 0.6) is 0 Å². The van der Waals surface area contributed by atoms with E-state index in [9.17, 15) is 13.2 Å². The first kappa shape index (κ1) is 19.4. The fourth-order valence-electron chi connectivity index (χ4n) is 4.09. The summed E-state index contributed by atoms with van der Waals surface area (Å²) in [4.78, 5) is 23.2. The maximum Gasteiger partial charge on any atom is 0.220 e. The number of amides is 1. The van der Waals surface area contributed by atoms with Gasteiger partial charge in [-0.3, -0.25) is 4.79 Å². The van der Waals surface area contributed by atoms with Crippen molar-refractivity contribution in [2.45, 2.75) is 57.0 Å². The summed E-state index contributed by atoms with van der Waals surface area (Å²) in [5.41, 5.74) is 0. The van der Waals surface area contributed by atoms with Gasteiger partial charge >= 0.3 is 0 Å². The summed E-state index contributed by atoms with van der Waals surface area (Å²) in [6.07, 6.45) is 8.04. The monoisotopic (exact) mass is 407 g/mol. The van der Waals surface area contributed by atoms with Crippen LogP contribution in [0.2, 0.25) is 0 Å². The number of hydrogen-bond acceptors (Lipinski definition) is 7. The van der Waals surface area contributed by atoms with E-state index in [1.165, 1.54) is 12.8 Å². The van der Waals surface area contributed by atoms with E-state index in [0.29, 0.717) is 24.8 Å². The molecule has 1 aromatic heterocycles. The second kappa shape index (κ2) is 8.23. The van der Waals surface area contributed by atoms with Crippen molar-refractivity contribution in [3.63, 3.8) is 0 Å². The van der Waals surface area contributed by atoms with E-state index in [1.807, 2.05) is 6.07 Å². The van der Waals surface area contributed by atoms with Crippen molar-refractivity contribution in [1.29, 1.82) is 0 Å². The molecule has 2 N–H and O–H groups in total. The van der Waals surface area contributed by atoms with Crippen molar-refractivity contribution in [2.75, 3.05) is 34.8 Å². The number of aromatic nitrogens is 2. The molecular formula is C19H29N5O3S. The summed E-state index contributed by atoms with van der Waals surface area (Å²) in [7, 11) is -2.96. The fourth-order valence-corrected chi connectivity index (χ4v) is 5.76. The Bertz CT molecular complexity index is 812. The van der Waals surface area contributed by atoms with E-state index in [2.05, 4.69) is 25.5 Å². The van der Waals surface area contributed by atoms with Crippen LogP contribution in [0.25, 0.3) is 0 Å². The van der Waals surface area contributed by atoms with E-state index < -0.39 is 9.84 Å². The average molecular weight is 408 g/mol. The molecular weight excluding hydrogens is 378 g/mol. The standard InChI is InChI=1S/C19H29N5O3S/c25-19(23-16-7-9-28(26,27)12-16)6-3-14-2-1-8-24(11-14)18-10-17(20-13-21-18)22-15-4-5-15/h10,13-16H,1-9,11-12H2,(H,23,25)(H,20,21,22). The summed E-state index contributed by atoms with van der Waals surface area (Å²) < 4.78 is 23.0. The van der Waals surface area contributed by atoms with Crippen LogP contribution >= 0.6 is 0 Å². The Morgan fingerprint density at radius 3 is 2.79 bits per heavy atom. The Morgan fingerprint density at radius 2 is 2.04 bits per heavy atom. The van der Waals surface area contributed by atoms with Crippen LogP contribution in [-0.2, 0) is 14.6 Å². The molecule has 3 heterocycles. The van der Waals surface area contributed by atoms with Gasteiger partial charge in [-0.2, -0.15) is 0 Å². The van der Waals surface area contributed by atoms with Gasteiger partial charge in [-0.1, -0.05) is 0 Å². The summed E-state index contributed by atoms with van der Waals surface area (Å²) in [6, 6.07) is 2.37. The Kier molecular flexibility index (Phi) is 5.70. The number of nitrogens with zero attached hydrogens (tertiary/aromatic N) is 3. The number of anilines is 2. The van der Waals surface area contributed by atoms with Crippen LogP contribution in [0.1, 0.15) is 44.9 Å². The molecule has 1 amide bonds. The van der Waals surface area contributed by atoms with Crippen molar-refractivity contribution >= 4 is 27.4 Å². The SMILES string of the molecule is O=C(CCC1CCCN(c2cc(NC3CC3)ncn2)C1)NC1CCS(=O)(=O)C1. The number of hydrogen-bond donors (Lipinski definition) is 2. The molecule has 3 fully saturated rings. The largest absolute Gasteiger partial charge is 0.367 e. The van der Waals surface area contributed by atoms with Crippen LogP contribution in [0, 0.1) is 5.92 Å². The highest BCUT2D eigenvalue weighted by atomic mass is 32.2. The third-order valence-corrected chi connectivity index (χ3v) is 7.57. The second-order valence-corrected chi connectivity index (χ2v) is 10.6. The van der Waals surface area contributed by atoms with E-state index in [0.717, 1.165) is 44.0 Å². The lowest BCUT2D eigenvalue weighted by Crippen LogP contribution is -2.38. The molecule has 28 heavy (non-hydrogen) atoms. The molecule has 1 aliphatic carbocycles. The third-order valence-electron chi connectivity index (χ3n) is 5.80. The first-order chi connectivity index (χ1) is 13.5. The van der Waals surface area contributed by atoms with Gasteiger partial charge in [-0.05, 0) is 44.4 Å².